The van der Waals surface area contributed by atoms with Crippen LogP contribution in [0.3, 0.4) is 0 Å². The summed E-state index contributed by atoms with van der Waals surface area (Å²) >= 11 is 1.43. The number of carbonyl (C=O) groups is 1. The van der Waals surface area contributed by atoms with E-state index in [4.69, 9.17) is 5.11 Å². The number of aliphatic hydroxyl groups excluding tert-OH is 1. The molecule has 0 radical (unpaired) electrons. The Morgan fingerprint density at radius 3 is 2.83 bits per heavy atom. The van der Waals surface area contributed by atoms with Crippen LogP contribution in [-0.4, -0.2) is 28.6 Å². The lowest BCUT2D eigenvalue weighted by Gasteiger charge is -2.04. The normalized spacial score (nSPS) is 12.1. The van der Waals surface area contributed by atoms with Gasteiger partial charge in [0, 0.05) is 17.5 Å². The Morgan fingerprint density at radius 2 is 2.17 bits per heavy atom. The molecule has 2 N–H and O–H groups in total. The van der Waals surface area contributed by atoms with Crippen molar-refractivity contribution in [2.75, 3.05) is 6.54 Å². The Labute approximate surface area is 109 Å². The van der Waals surface area contributed by atoms with Gasteiger partial charge in [0.05, 0.1) is 6.10 Å². The number of rotatable bonds is 4. The first-order chi connectivity index (χ1) is 8.66. The Bertz CT molecular complexity index is 523. The number of carbonyl (C=O) groups excluding carboxylic acids is 1. The van der Waals surface area contributed by atoms with Gasteiger partial charge in [-0.3, -0.25) is 4.79 Å². The topological polar surface area (TPSA) is 62.2 Å². The predicted molar refractivity (Wildman–Crippen MR) is 71.6 cm³/mol. The van der Waals surface area contributed by atoms with Crippen molar-refractivity contribution in [1.82, 2.24) is 10.3 Å². The van der Waals surface area contributed by atoms with Crippen LogP contribution in [0.4, 0.5) is 0 Å². The summed E-state index contributed by atoms with van der Waals surface area (Å²) in [6.45, 7) is 1.85. The van der Waals surface area contributed by atoms with Gasteiger partial charge < -0.3 is 10.4 Å². The molecule has 1 amide bonds. The van der Waals surface area contributed by atoms with Gasteiger partial charge in [0.25, 0.3) is 5.91 Å². The second kappa shape index (κ2) is 5.75. The highest BCUT2D eigenvalue weighted by molar-refractivity contribution is 7.13. The summed E-state index contributed by atoms with van der Waals surface area (Å²) in [6.07, 6.45) is -0.554. The highest BCUT2D eigenvalue weighted by Crippen LogP contribution is 2.23. The number of hydrogen-bond acceptors (Lipinski definition) is 4. The number of amides is 1. The molecule has 94 valence electrons. The molecule has 0 fully saturated rings. The predicted octanol–water partition coefficient (Wildman–Crippen LogP) is 1.92. The number of thiazole rings is 1. The van der Waals surface area contributed by atoms with Gasteiger partial charge in [-0.05, 0) is 6.92 Å². The van der Waals surface area contributed by atoms with Gasteiger partial charge in [-0.25, -0.2) is 4.98 Å². The van der Waals surface area contributed by atoms with Crippen LogP contribution < -0.4 is 5.32 Å². The van der Waals surface area contributed by atoms with Crippen LogP contribution in [0.2, 0.25) is 0 Å². The zero-order chi connectivity index (χ0) is 13.0. The van der Waals surface area contributed by atoms with Crippen molar-refractivity contribution in [1.29, 1.82) is 0 Å². The first kappa shape index (κ1) is 12.7. The fraction of sp³-hybridized carbons (Fsp3) is 0.231. The lowest BCUT2D eigenvalue weighted by atomic mass is 10.2. The second-order valence-electron chi connectivity index (χ2n) is 3.96. The van der Waals surface area contributed by atoms with Crippen molar-refractivity contribution in [2.45, 2.75) is 13.0 Å². The van der Waals surface area contributed by atoms with Crippen molar-refractivity contribution in [2.24, 2.45) is 0 Å². The van der Waals surface area contributed by atoms with E-state index in [0.717, 1.165) is 10.6 Å². The molecule has 4 nitrogen and oxygen atoms in total. The van der Waals surface area contributed by atoms with E-state index in [1.807, 2.05) is 30.3 Å². The van der Waals surface area contributed by atoms with Crippen molar-refractivity contribution in [3.63, 3.8) is 0 Å². The summed E-state index contributed by atoms with van der Waals surface area (Å²) in [5, 5.41) is 14.3. The van der Waals surface area contributed by atoms with Crippen LogP contribution in [0.1, 0.15) is 17.4 Å². The largest absolute Gasteiger partial charge is 0.392 e. The van der Waals surface area contributed by atoms with E-state index in [-0.39, 0.29) is 12.5 Å². The zero-order valence-electron chi connectivity index (χ0n) is 9.96. The average molecular weight is 262 g/mol. The van der Waals surface area contributed by atoms with Gasteiger partial charge >= 0.3 is 0 Å². The maximum atomic E-state index is 11.7. The number of benzene rings is 1. The summed E-state index contributed by atoms with van der Waals surface area (Å²) in [7, 11) is 0. The first-order valence-corrected chi connectivity index (χ1v) is 6.52. The van der Waals surface area contributed by atoms with Crippen LogP contribution in [0, 0.1) is 0 Å². The molecule has 18 heavy (non-hydrogen) atoms. The highest BCUT2D eigenvalue weighted by Gasteiger charge is 2.11. The molecule has 1 atom stereocenters. The molecule has 0 spiro atoms. The zero-order valence-corrected chi connectivity index (χ0v) is 10.8. The number of aromatic nitrogens is 1. The smallest absolute Gasteiger partial charge is 0.270 e. The van der Waals surface area contributed by atoms with E-state index in [1.165, 1.54) is 11.3 Å². The maximum Gasteiger partial charge on any atom is 0.270 e. The third kappa shape index (κ3) is 3.15. The third-order valence-electron chi connectivity index (χ3n) is 2.32. The first-order valence-electron chi connectivity index (χ1n) is 5.64. The van der Waals surface area contributed by atoms with Crippen molar-refractivity contribution < 1.29 is 9.90 Å². The van der Waals surface area contributed by atoms with E-state index in [0.29, 0.717) is 5.69 Å². The molecule has 0 aliphatic heterocycles. The van der Waals surface area contributed by atoms with Crippen molar-refractivity contribution in [3.05, 3.63) is 41.4 Å². The number of nitrogens with zero attached hydrogens (tertiary/aromatic N) is 1. The summed E-state index contributed by atoms with van der Waals surface area (Å²) in [4.78, 5) is 16.0. The molecule has 1 aromatic carbocycles. The minimum Gasteiger partial charge on any atom is -0.392 e. The number of nitrogens with one attached hydrogen (secondary N) is 1. The molecule has 1 unspecified atom stereocenters. The van der Waals surface area contributed by atoms with Gasteiger partial charge in [0.1, 0.15) is 10.7 Å². The molecular formula is C13H14N2O2S. The molecule has 0 saturated heterocycles. The van der Waals surface area contributed by atoms with Crippen LogP contribution >= 0.6 is 11.3 Å². The van der Waals surface area contributed by atoms with Crippen LogP contribution in [0.15, 0.2) is 35.7 Å². The maximum absolute atomic E-state index is 11.7. The fourth-order valence-corrected chi connectivity index (χ4v) is 2.23. The van der Waals surface area contributed by atoms with E-state index < -0.39 is 6.10 Å². The van der Waals surface area contributed by atoms with Gasteiger partial charge in [0.15, 0.2) is 0 Å². The van der Waals surface area contributed by atoms with E-state index in [9.17, 15) is 4.79 Å². The minimum absolute atomic E-state index is 0.233. The monoisotopic (exact) mass is 262 g/mol. The summed E-state index contributed by atoms with van der Waals surface area (Å²) < 4.78 is 0. The van der Waals surface area contributed by atoms with Gasteiger partial charge in [-0.15, -0.1) is 11.3 Å². The molecule has 0 aliphatic carbocycles. The van der Waals surface area contributed by atoms with Crippen molar-refractivity contribution in [3.8, 4) is 10.6 Å². The molecule has 2 aromatic rings. The molecule has 0 saturated carbocycles. The SMILES string of the molecule is CC(O)CNC(=O)c1csc(-c2ccccc2)n1. The van der Waals surface area contributed by atoms with Gasteiger partial charge in [0.2, 0.25) is 0 Å². The van der Waals surface area contributed by atoms with Crippen LogP contribution in [-0.2, 0) is 0 Å². The van der Waals surface area contributed by atoms with Crippen molar-refractivity contribution >= 4 is 17.2 Å². The summed E-state index contributed by atoms with van der Waals surface area (Å²) in [5.74, 6) is -0.255. The Morgan fingerprint density at radius 1 is 1.44 bits per heavy atom. The van der Waals surface area contributed by atoms with E-state index >= 15 is 0 Å². The Hall–Kier alpha value is -1.72. The second-order valence-corrected chi connectivity index (χ2v) is 4.82. The lowest BCUT2D eigenvalue weighted by Crippen LogP contribution is -2.30. The number of aliphatic hydroxyl groups is 1. The Balaban J connectivity index is 2.09. The molecular weight excluding hydrogens is 248 g/mol. The Kier molecular flexibility index (Phi) is 4.07. The summed E-state index contributed by atoms with van der Waals surface area (Å²) in [6, 6.07) is 9.72. The highest BCUT2D eigenvalue weighted by atomic mass is 32.1. The average Bonchev–Trinajstić information content (AvgIpc) is 2.86. The number of hydrogen-bond donors (Lipinski definition) is 2. The van der Waals surface area contributed by atoms with Gasteiger partial charge in [-0.1, -0.05) is 30.3 Å². The van der Waals surface area contributed by atoms with Gasteiger partial charge in [-0.2, -0.15) is 0 Å². The third-order valence-corrected chi connectivity index (χ3v) is 3.21. The lowest BCUT2D eigenvalue weighted by molar-refractivity contribution is 0.0920. The molecule has 5 heteroatoms. The molecule has 0 aliphatic rings. The quantitative estimate of drug-likeness (QED) is 0.885. The molecule has 1 aromatic heterocycles. The van der Waals surface area contributed by atoms with E-state index in [1.54, 1.807) is 12.3 Å². The summed E-state index contributed by atoms with van der Waals surface area (Å²) in [5.41, 5.74) is 1.39. The molecule has 0 bridgehead atoms. The minimum atomic E-state index is -0.554. The van der Waals surface area contributed by atoms with E-state index in [2.05, 4.69) is 10.3 Å². The molecule has 2 rings (SSSR count). The van der Waals surface area contributed by atoms with Crippen LogP contribution in [0.25, 0.3) is 10.6 Å². The standard InChI is InChI=1S/C13H14N2O2S/c1-9(16)7-14-12(17)11-8-18-13(15-11)10-5-3-2-4-6-10/h2-6,8-9,16H,7H2,1H3,(H,14,17). The fourth-order valence-electron chi connectivity index (χ4n) is 1.42. The van der Waals surface area contributed by atoms with Crippen LogP contribution in [0.5, 0.6) is 0 Å². The molecule has 1 heterocycles.